The molecule has 1 aromatic carbocycles. The van der Waals surface area contributed by atoms with Crippen LogP contribution in [0.2, 0.25) is 0 Å². The number of hydrogen-bond acceptors (Lipinski definition) is 3. The zero-order valence-electron chi connectivity index (χ0n) is 13.8. The molecule has 0 radical (unpaired) electrons. The van der Waals surface area contributed by atoms with E-state index in [2.05, 4.69) is 5.32 Å². The first-order valence-electron chi connectivity index (χ1n) is 8.29. The summed E-state index contributed by atoms with van der Waals surface area (Å²) < 4.78 is 5.22. The Labute approximate surface area is 141 Å². The van der Waals surface area contributed by atoms with Crippen molar-refractivity contribution >= 4 is 11.8 Å². The van der Waals surface area contributed by atoms with Crippen LogP contribution >= 0.6 is 0 Å². The Morgan fingerprint density at radius 1 is 1.25 bits per heavy atom. The maximum atomic E-state index is 12.6. The van der Waals surface area contributed by atoms with Gasteiger partial charge in [0.25, 0.3) is 0 Å². The van der Waals surface area contributed by atoms with E-state index < -0.39 is 0 Å². The van der Waals surface area contributed by atoms with Crippen molar-refractivity contribution in [2.24, 2.45) is 0 Å². The van der Waals surface area contributed by atoms with Crippen LogP contribution in [0, 0.1) is 6.92 Å². The van der Waals surface area contributed by atoms with Crippen LogP contribution in [0.15, 0.2) is 47.1 Å². The van der Waals surface area contributed by atoms with Gasteiger partial charge in [-0.15, -0.1) is 0 Å². The molecular weight excluding hydrogens is 304 g/mol. The number of nitrogens with zero attached hydrogens (tertiary/aromatic N) is 1. The van der Waals surface area contributed by atoms with Crippen LogP contribution in [-0.2, 0) is 22.6 Å². The van der Waals surface area contributed by atoms with Gasteiger partial charge >= 0.3 is 0 Å². The van der Waals surface area contributed by atoms with Crippen LogP contribution in [0.3, 0.4) is 0 Å². The number of aryl methyl sites for hydroxylation is 1. The van der Waals surface area contributed by atoms with Gasteiger partial charge in [-0.2, -0.15) is 0 Å². The molecule has 0 saturated carbocycles. The predicted molar refractivity (Wildman–Crippen MR) is 90.2 cm³/mol. The molecule has 1 aliphatic rings. The van der Waals surface area contributed by atoms with Gasteiger partial charge in [-0.25, -0.2) is 0 Å². The lowest BCUT2D eigenvalue weighted by molar-refractivity contribution is -0.138. The maximum absolute atomic E-state index is 12.6. The summed E-state index contributed by atoms with van der Waals surface area (Å²) >= 11 is 0. The highest BCUT2D eigenvalue weighted by Gasteiger charge is 2.33. The third kappa shape index (κ3) is 3.67. The lowest BCUT2D eigenvalue weighted by Crippen LogP contribution is -2.46. The van der Waals surface area contributed by atoms with Gasteiger partial charge in [0.15, 0.2) is 0 Å². The first-order chi connectivity index (χ1) is 11.6. The van der Waals surface area contributed by atoms with E-state index in [0.29, 0.717) is 31.7 Å². The summed E-state index contributed by atoms with van der Waals surface area (Å²) in [6, 6.07) is 11.1. The molecule has 0 spiro atoms. The maximum Gasteiger partial charge on any atom is 0.243 e. The minimum Gasteiger partial charge on any atom is -0.467 e. The molecular formula is C19H22N2O3. The fourth-order valence-electron chi connectivity index (χ4n) is 3.12. The molecule has 1 aliphatic heterocycles. The number of furan rings is 1. The van der Waals surface area contributed by atoms with Crippen LogP contribution in [0.1, 0.15) is 29.7 Å². The third-order valence-corrected chi connectivity index (χ3v) is 4.50. The lowest BCUT2D eigenvalue weighted by Gasteiger charge is -2.24. The monoisotopic (exact) mass is 326 g/mol. The van der Waals surface area contributed by atoms with Gasteiger partial charge in [-0.3, -0.25) is 9.59 Å². The van der Waals surface area contributed by atoms with Crippen LogP contribution in [0.4, 0.5) is 0 Å². The molecule has 1 saturated heterocycles. The summed E-state index contributed by atoms with van der Waals surface area (Å²) in [6.45, 7) is 2.99. The Morgan fingerprint density at radius 2 is 2.08 bits per heavy atom. The standard InChI is InChI=1S/C19H22N2O3/c1-14-6-2-3-7-15(14)12-18(22)21-10-4-9-17(21)19(23)20-13-16-8-5-11-24-16/h2-3,5-8,11,17H,4,9-10,12-13H2,1H3,(H,20,23)/t17-/m0/s1. The van der Waals surface area contributed by atoms with E-state index >= 15 is 0 Å². The molecule has 1 aromatic heterocycles. The highest BCUT2D eigenvalue weighted by molar-refractivity contribution is 5.89. The van der Waals surface area contributed by atoms with Crippen molar-refractivity contribution in [3.63, 3.8) is 0 Å². The Kier molecular flexibility index (Phi) is 4.99. The number of benzene rings is 1. The normalized spacial score (nSPS) is 17.0. The molecule has 5 heteroatoms. The molecule has 3 rings (SSSR count). The Balaban J connectivity index is 1.61. The van der Waals surface area contributed by atoms with Gasteiger partial charge in [0, 0.05) is 6.54 Å². The number of carbonyl (C=O) groups excluding carboxylic acids is 2. The number of amides is 2. The summed E-state index contributed by atoms with van der Waals surface area (Å²) in [7, 11) is 0. The van der Waals surface area contributed by atoms with Crippen LogP contribution in [-0.4, -0.2) is 29.3 Å². The molecule has 1 fully saturated rings. The van der Waals surface area contributed by atoms with E-state index in [-0.39, 0.29) is 17.9 Å². The van der Waals surface area contributed by atoms with Gasteiger partial charge in [-0.05, 0) is 43.0 Å². The third-order valence-electron chi connectivity index (χ3n) is 4.50. The van der Waals surface area contributed by atoms with Crippen LogP contribution in [0.5, 0.6) is 0 Å². The van der Waals surface area contributed by atoms with Crippen molar-refractivity contribution in [1.29, 1.82) is 0 Å². The predicted octanol–water partition coefficient (Wildman–Crippen LogP) is 2.44. The van der Waals surface area contributed by atoms with Crippen LogP contribution in [0.25, 0.3) is 0 Å². The second-order valence-corrected chi connectivity index (χ2v) is 6.15. The van der Waals surface area contributed by atoms with Gasteiger partial charge < -0.3 is 14.6 Å². The van der Waals surface area contributed by atoms with E-state index in [1.54, 1.807) is 17.2 Å². The SMILES string of the molecule is Cc1ccccc1CC(=O)N1CCC[C@H]1C(=O)NCc1ccco1. The van der Waals surface area contributed by atoms with E-state index in [1.807, 2.05) is 37.3 Å². The van der Waals surface area contributed by atoms with Crippen molar-refractivity contribution < 1.29 is 14.0 Å². The first-order valence-corrected chi connectivity index (χ1v) is 8.29. The number of carbonyl (C=O) groups is 2. The smallest absolute Gasteiger partial charge is 0.243 e. The van der Waals surface area contributed by atoms with Crippen molar-refractivity contribution in [1.82, 2.24) is 10.2 Å². The summed E-state index contributed by atoms with van der Waals surface area (Å²) in [5.41, 5.74) is 2.12. The second kappa shape index (κ2) is 7.34. The molecule has 126 valence electrons. The molecule has 2 aromatic rings. The number of hydrogen-bond donors (Lipinski definition) is 1. The van der Waals surface area contributed by atoms with E-state index in [0.717, 1.165) is 17.5 Å². The van der Waals surface area contributed by atoms with Crippen molar-refractivity contribution in [2.45, 2.75) is 38.8 Å². The molecule has 2 heterocycles. The fraction of sp³-hybridized carbons (Fsp3) is 0.368. The molecule has 24 heavy (non-hydrogen) atoms. The zero-order chi connectivity index (χ0) is 16.9. The highest BCUT2D eigenvalue weighted by atomic mass is 16.3. The van der Waals surface area contributed by atoms with Gasteiger partial charge in [0.2, 0.25) is 11.8 Å². The van der Waals surface area contributed by atoms with Crippen molar-refractivity contribution in [2.75, 3.05) is 6.54 Å². The highest BCUT2D eigenvalue weighted by Crippen LogP contribution is 2.20. The summed E-state index contributed by atoms with van der Waals surface area (Å²) in [6.07, 6.45) is 3.49. The van der Waals surface area contributed by atoms with Crippen molar-refractivity contribution in [3.05, 3.63) is 59.5 Å². The first kappa shape index (κ1) is 16.3. The number of nitrogens with one attached hydrogen (secondary N) is 1. The summed E-state index contributed by atoms with van der Waals surface area (Å²) in [4.78, 5) is 26.8. The van der Waals surface area contributed by atoms with Crippen LogP contribution < -0.4 is 5.32 Å². The molecule has 1 atom stereocenters. The zero-order valence-corrected chi connectivity index (χ0v) is 13.8. The average molecular weight is 326 g/mol. The Hall–Kier alpha value is -2.56. The lowest BCUT2D eigenvalue weighted by atomic mass is 10.0. The molecule has 0 unspecified atom stereocenters. The summed E-state index contributed by atoms with van der Waals surface area (Å²) in [5.74, 6) is 0.612. The molecule has 5 nitrogen and oxygen atoms in total. The number of likely N-dealkylation sites (tertiary alicyclic amines) is 1. The molecule has 1 N–H and O–H groups in total. The molecule has 0 bridgehead atoms. The van der Waals surface area contributed by atoms with Gasteiger partial charge in [-0.1, -0.05) is 24.3 Å². The average Bonchev–Trinajstić information content (AvgIpc) is 3.26. The van der Waals surface area contributed by atoms with E-state index in [9.17, 15) is 9.59 Å². The van der Waals surface area contributed by atoms with E-state index in [1.165, 1.54) is 0 Å². The minimum absolute atomic E-state index is 0.0138. The largest absolute Gasteiger partial charge is 0.467 e. The number of rotatable bonds is 5. The topological polar surface area (TPSA) is 62.6 Å². The molecule has 2 amide bonds. The quantitative estimate of drug-likeness (QED) is 0.918. The van der Waals surface area contributed by atoms with E-state index in [4.69, 9.17) is 4.42 Å². The van der Waals surface area contributed by atoms with Gasteiger partial charge in [0.05, 0.1) is 19.2 Å². The minimum atomic E-state index is -0.378. The van der Waals surface area contributed by atoms with Gasteiger partial charge in [0.1, 0.15) is 11.8 Å². The Morgan fingerprint density at radius 3 is 2.83 bits per heavy atom. The summed E-state index contributed by atoms with van der Waals surface area (Å²) in [5, 5.41) is 2.86. The van der Waals surface area contributed by atoms with Crippen molar-refractivity contribution in [3.8, 4) is 0 Å². The molecule has 0 aliphatic carbocycles. The Bertz CT molecular complexity index is 709. The second-order valence-electron chi connectivity index (χ2n) is 6.15. The fourth-order valence-corrected chi connectivity index (χ4v) is 3.12.